The molecule has 0 aromatic carbocycles. The number of nitrogens with zero attached hydrogens (tertiary/aromatic N) is 1. The Hall–Kier alpha value is -1.65. The van der Waals surface area contributed by atoms with E-state index in [1.54, 1.807) is 18.3 Å². The summed E-state index contributed by atoms with van der Waals surface area (Å²) in [4.78, 5) is 11.6. The van der Waals surface area contributed by atoms with Gasteiger partial charge < -0.3 is 10.8 Å². The average Bonchev–Trinajstić information content (AvgIpc) is 2.28. The first-order chi connectivity index (χ1) is 7.26. The van der Waals surface area contributed by atoms with E-state index in [9.17, 15) is 9.90 Å². The number of aliphatic hydroxyl groups is 1. The summed E-state index contributed by atoms with van der Waals surface area (Å²) < 4.78 is 1.51. The largest absolute Gasteiger partial charge is 0.392 e. The maximum atomic E-state index is 11.6. The molecule has 0 saturated carbocycles. The minimum atomic E-state index is -0.113. The van der Waals surface area contributed by atoms with Crippen LogP contribution in [0.5, 0.6) is 0 Å². The topological polar surface area (TPSA) is 67.7 Å². The van der Waals surface area contributed by atoms with E-state index in [0.717, 1.165) is 16.6 Å². The lowest BCUT2D eigenvalue weighted by molar-refractivity contribution is 0.282. The van der Waals surface area contributed by atoms with Crippen molar-refractivity contribution < 1.29 is 5.11 Å². The molecule has 4 nitrogen and oxygen atoms in total. The maximum absolute atomic E-state index is 11.6. The molecule has 0 saturated heterocycles. The average molecular weight is 204 g/mol. The highest BCUT2D eigenvalue weighted by Crippen LogP contribution is 2.11. The molecular formula is C11H12N2O2. The Morgan fingerprint density at radius 3 is 2.87 bits per heavy atom. The fourth-order valence-corrected chi connectivity index (χ4v) is 1.63. The van der Waals surface area contributed by atoms with Crippen LogP contribution < -0.4 is 11.3 Å². The van der Waals surface area contributed by atoms with Gasteiger partial charge in [0.05, 0.1) is 12.1 Å². The van der Waals surface area contributed by atoms with Gasteiger partial charge in [-0.15, -0.1) is 0 Å². The van der Waals surface area contributed by atoms with Gasteiger partial charge in [0.15, 0.2) is 0 Å². The lowest BCUT2D eigenvalue weighted by Crippen LogP contribution is -2.14. The van der Waals surface area contributed by atoms with E-state index in [4.69, 9.17) is 5.73 Å². The predicted octanol–water partition coefficient (Wildman–Crippen LogP) is 0.250. The molecule has 0 amide bonds. The van der Waals surface area contributed by atoms with E-state index < -0.39 is 0 Å². The van der Waals surface area contributed by atoms with E-state index in [2.05, 4.69) is 0 Å². The van der Waals surface area contributed by atoms with Crippen LogP contribution in [0.4, 0.5) is 0 Å². The molecule has 0 radical (unpaired) electrons. The molecule has 0 fully saturated rings. The summed E-state index contributed by atoms with van der Waals surface area (Å²) in [6.07, 6.45) is 1.71. The zero-order valence-electron chi connectivity index (χ0n) is 8.18. The standard InChI is InChI=1S/C11H12N2O2/c12-5-8-4-9(7-14)10-2-1-3-11(15)13(10)6-8/h1-4,6,14H,5,7,12H2. The van der Waals surface area contributed by atoms with E-state index in [1.165, 1.54) is 10.5 Å². The lowest BCUT2D eigenvalue weighted by atomic mass is 10.1. The van der Waals surface area contributed by atoms with Gasteiger partial charge in [0.25, 0.3) is 5.56 Å². The van der Waals surface area contributed by atoms with E-state index >= 15 is 0 Å². The van der Waals surface area contributed by atoms with E-state index in [1.807, 2.05) is 6.07 Å². The summed E-state index contributed by atoms with van der Waals surface area (Å²) in [6.45, 7) is 0.255. The van der Waals surface area contributed by atoms with Crippen molar-refractivity contribution in [1.82, 2.24) is 4.40 Å². The van der Waals surface area contributed by atoms with Crippen molar-refractivity contribution in [2.45, 2.75) is 13.2 Å². The van der Waals surface area contributed by atoms with Gasteiger partial charge in [-0.25, -0.2) is 0 Å². The summed E-state index contributed by atoms with van der Waals surface area (Å²) in [6, 6.07) is 6.77. The first-order valence-electron chi connectivity index (χ1n) is 4.70. The molecule has 2 aromatic rings. The second-order valence-electron chi connectivity index (χ2n) is 3.36. The number of rotatable bonds is 2. The Balaban J connectivity index is 2.87. The fraction of sp³-hybridized carbons (Fsp3) is 0.182. The maximum Gasteiger partial charge on any atom is 0.255 e. The highest BCUT2D eigenvalue weighted by Gasteiger charge is 2.03. The van der Waals surface area contributed by atoms with Gasteiger partial charge in [0, 0.05) is 24.4 Å². The van der Waals surface area contributed by atoms with Crippen LogP contribution in [0.15, 0.2) is 35.3 Å². The zero-order valence-corrected chi connectivity index (χ0v) is 8.18. The van der Waals surface area contributed by atoms with Gasteiger partial charge in [0.2, 0.25) is 0 Å². The van der Waals surface area contributed by atoms with Crippen LogP contribution >= 0.6 is 0 Å². The quantitative estimate of drug-likeness (QED) is 0.736. The molecule has 2 aromatic heterocycles. The molecule has 0 unspecified atom stereocenters. The molecule has 0 atom stereocenters. The Kier molecular flexibility index (Phi) is 2.53. The molecule has 0 spiro atoms. The third kappa shape index (κ3) is 1.65. The SMILES string of the molecule is NCc1cc(CO)c2cccc(=O)n2c1. The van der Waals surface area contributed by atoms with Crippen LogP contribution in [0.1, 0.15) is 11.1 Å². The van der Waals surface area contributed by atoms with Crippen LogP contribution in [0.3, 0.4) is 0 Å². The molecule has 0 bridgehead atoms. The predicted molar refractivity (Wildman–Crippen MR) is 57.5 cm³/mol. The second kappa shape index (κ2) is 3.84. The monoisotopic (exact) mass is 204 g/mol. The minimum Gasteiger partial charge on any atom is -0.392 e. The van der Waals surface area contributed by atoms with Crippen molar-refractivity contribution in [3.8, 4) is 0 Å². The first-order valence-corrected chi connectivity index (χ1v) is 4.70. The van der Waals surface area contributed by atoms with Crippen molar-refractivity contribution in [3.05, 3.63) is 51.9 Å². The number of fused-ring (bicyclic) bond motifs is 1. The summed E-state index contributed by atoms with van der Waals surface area (Å²) in [5.74, 6) is 0. The van der Waals surface area contributed by atoms with Crippen LogP contribution in [0.2, 0.25) is 0 Å². The van der Waals surface area contributed by atoms with Crippen LogP contribution in [0, 0.1) is 0 Å². The highest BCUT2D eigenvalue weighted by molar-refractivity contribution is 5.55. The molecule has 0 aliphatic heterocycles. The third-order valence-electron chi connectivity index (χ3n) is 2.38. The van der Waals surface area contributed by atoms with Gasteiger partial charge in [-0.05, 0) is 17.7 Å². The van der Waals surface area contributed by atoms with Crippen molar-refractivity contribution in [2.75, 3.05) is 0 Å². The van der Waals surface area contributed by atoms with Gasteiger partial charge in [-0.3, -0.25) is 9.20 Å². The summed E-state index contributed by atoms with van der Waals surface area (Å²) >= 11 is 0. The number of hydrogen-bond donors (Lipinski definition) is 2. The van der Waals surface area contributed by atoms with Gasteiger partial charge in [-0.2, -0.15) is 0 Å². The molecule has 4 heteroatoms. The number of aromatic nitrogens is 1. The molecule has 15 heavy (non-hydrogen) atoms. The smallest absolute Gasteiger partial charge is 0.255 e. The molecule has 0 aliphatic rings. The summed E-state index contributed by atoms with van der Waals surface area (Å²) in [5, 5.41) is 9.19. The van der Waals surface area contributed by atoms with Crippen molar-refractivity contribution in [1.29, 1.82) is 0 Å². The highest BCUT2D eigenvalue weighted by atomic mass is 16.3. The summed E-state index contributed by atoms with van der Waals surface area (Å²) in [7, 11) is 0. The van der Waals surface area contributed by atoms with E-state index in [-0.39, 0.29) is 12.2 Å². The van der Waals surface area contributed by atoms with Gasteiger partial charge >= 0.3 is 0 Å². The molecule has 3 N–H and O–H groups in total. The van der Waals surface area contributed by atoms with Crippen molar-refractivity contribution in [3.63, 3.8) is 0 Å². The third-order valence-corrected chi connectivity index (χ3v) is 2.38. The molecule has 2 rings (SSSR count). The molecule has 2 heterocycles. The van der Waals surface area contributed by atoms with E-state index in [0.29, 0.717) is 6.54 Å². The first kappa shape index (κ1) is 9.89. The molecular weight excluding hydrogens is 192 g/mol. The Bertz CT molecular complexity index is 546. The normalized spacial score (nSPS) is 10.8. The van der Waals surface area contributed by atoms with Crippen molar-refractivity contribution >= 4 is 5.52 Å². The lowest BCUT2D eigenvalue weighted by Gasteiger charge is -2.07. The number of nitrogens with two attached hydrogens (primary N) is 1. The van der Waals surface area contributed by atoms with Crippen LogP contribution in [0.25, 0.3) is 5.52 Å². The summed E-state index contributed by atoms with van der Waals surface area (Å²) in [5.41, 5.74) is 7.68. The number of pyridine rings is 2. The second-order valence-corrected chi connectivity index (χ2v) is 3.36. The van der Waals surface area contributed by atoms with Crippen LogP contribution in [-0.2, 0) is 13.2 Å². The number of aliphatic hydroxyl groups excluding tert-OH is 1. The number of hydrogen-bond acceptors (Lipinski definition) is 3. The van der Waals surface area contributed by atoms with Crippen LogP contribution in [-0.4, -0.2) is 9.51 Å². The molecule has 0 aliphatic carbocycles. The Morgan fingerprint density at radius 1 is 1.40 bits per heavy atom. The fourth-order valence-electron chi connectivity index (χ4n) is 1.63. The zero-order chi connectivity index (χ0) is 10.8. The van der Waals surface area contributed by atoms with Gasteiger partial charge in [-0.1, -0.05) is 6.07 Å². The van der Waals surface area contributed by atoms with Crippen molar-refractivity contribution in [2.24, 2.45) is 5.73 Å². The Labute approximate surface area is 86.6 Å². The molecule has 78 valence electrons. The Morgan fingerprint density at radius 2 is 2.20 bits per heavy atom. The van der Waals surface area contributed by atoms with Gasteiger partial charge in [0.1, 0.15) is 0 Å². The minimum absolute atomic E-state index is 0.0964.